The smallest absolute Gasteiger partial charge is 0.127 e. The Bertz CT molecular complexity index is 504. The summed E-state index contributed by atoms with van der Waals surface area (Å²) in [6.07, 6.45) is 4.30. The molecule has 0 amide bonds. The highest BCUT2D eigenvalue weighted by atomic mass is 79.9. The second-order valence-electron chi connectivity index (χ2n) is 3.89. The van der Waals surface area contributed by atoms with Gasteiger partial charge in [0, 0.05) is 30.2 Å². The summed E-state index contributed by atoms with van der Waals surface area (Å²) in [6, 6.07) is 8.60. The molecule has 0 N–H and O–H groups in total. The number of halogens is 2. The van der Waals surface area contributed by atoms with Crippen molar-refractivity contribution in [1.29, 1.82) is 0 Å². The van der Waals surface area contributed by atoms with E-state index in [1.807, 2.05) is 18.2 Å². The number of benzene rings is 1. The van der Waals surface area contributed by atoms with Gasteiger partial charge in [-0.15, -0.1) is 0 Å². The Hall–Kier alpha value is -1.42. The molecule has 4 heteroatoms. The predicted molar refractivity (Wildman–Crippen MR) is 72.5 cm³/mol. The lowest BCUT2D eigenvalue weighted by atomic mass is 10.2. The Kier molecular flexibility index (Phi) is 4.70. The van der Waals surface area contributed by atoms with Gasteiger partial charge in [0.2, 0.25) is 0 Å². The van der Waals surface area contributed by atoms with Gasteiger partial charge >= 0.3 is 0 Å². The van der Waals surface area contributed by atoms with Gasteiger partial charge in [0.25, 0.3) is 0 Å². The topological polar surface area (TPSA) is 22.1 Å². The van der Waals surface area contributed by atoms with Crippen LogP contribution in [0.1, 0.15) is 11.1 Å². The number of ether oxygens (including phenoxy) is 1. The van der Waals surface area contributed by atoms with Gasteiger partial charge in [0.1, 0.15) is 11.6 Å². The Morgan fingerprint density at radius 3 is 2.83 bits per heavy atom. The van der Waals surface area contributed by atoms with Crippen molar-refractivity contribution in [3.63, 3.8) is 0 Å². The third-order valence-electron chi connectivity index (χ3n) is 2.47. The van der Waals surface area contributed by atoms with Crippen LogP contribution in [0.3, 0.4) is 0 Å². The van der Waals surface area contributed by atoms with E-state index in [2.05, 4.69) is 20.9 Å². The van der Waals surface area contributed by atoms with Crippen LogP contribution in [0.4, 0.5) is 4.39 Å². The lowest BCUT2D eigenvalue weighted by Gasteiger charge is -2.07. The van der Waals surface area contributed by atoms with Crippen LogP contribution in [0.15, 0.2) is 42.7 Å². The Labute approximate surface area is 114 Å². The minimum atomic E-state index is -0.275. The summed E-state index contributed by atoms with van der Waals surface area (Å²) < 4.78 is 18.8. The number of aromatic nitrogens is 1. The minimum Gasteiger partial charge on any atom is -0.493 e. The molecule has 0 spiro atoms. The Morgan fingerprint density at radius 2 is 2.11 bits per heavy atom. The molecule has 0 aliphatic heterocycles. The number of alkyl halides is 1. The second kappa shape index (κ2) is 6.50. The first-order valence-corrected chi connectivity index (χ1v) is 6.77. The number of pyridine rings is 1. The SMILES string of the molecule is Fc1cc(CBr)cc(OCCc2cccnc2)c1. The van der Waals surface area contributed by atoms with Crippen molar-refractivity contribution in [2.75, 3.05) is 6.61 Å². The number of nitrogens with zero attached hydrogens (tertiary/aromatic N) is 1. The Balaban J connectivity index is 1.92. The van der Waals surface area contributed by atoms with Crippen molar-refractivity contribution >= 4 is 15.9 Å². The molecule has 1 aromatic heterocycles. The third kappa shape index (κ3) is 3.81. The van der Waals surface area contributed by atoms with Crippen LogP contribution in [0.5, 0.6) is 5.75 Å². The lowest BCUT2D eigenvalue weighted by molar-refractivity contribution is 0.320. The van der Waals surface area contributed by atoms with E-state index in [1.165, 1.54) is 12.1 Å². The summed E-state index contributed by atoms with van der Waals surface area (Å²) in [5.74, 6) is 0.289. The second-order valence-corrected chi connectivity index (χ2v) is 4.45. The van der Waals surface area contributed by atoms with Crippen LogP contribution in [-0.2, 0) is 11.8 Å². The average Bonchev–Trinajstić information content (AvgIpc) is 2.39. The van der Waals surface area contributed by atoms with Crippen LogP contribution in [-0.4, -0.2) is 11.6 Å². The van der Waals surface area contributed by atoms with E-state index in [0.29, 0.717) is 17.7 Å². The van der Waals surface area contributed by atoms with Crippen LogP contribution < -0.4 is 4.74 Å². The van der Waals surface area contributed by atoms with Crippen LogP contribution in [0, 0.1) is 5.82 Å². The maximum absolute atomic E-state index is 13.3. The molecule has 0 aliphatic carbocycles. The maximum Gasteiger partial charge on any atom is 0.127 e. The molecule has 0 saturated heterocycles. The number of rotatable bonds is 5. The summed E-state index contributed by atoms with van der Waals surface area (Å²) in [4.78, 5) is 4.03. The van der Waals surface area contributed by atoms with E-state index in [9.17, 15) is 4.39 Å². The summed E-state index contributed by atoms with van der Waals surface area (Å²) in [6.45, 7) is 0.511. The zero-order chi connectivity index (χ0) is 12.8. The fourth-order valence-corrected chi connectivity index (χ4v) is 1.94. The molecular weight excluding hydrogens is 297 g/mol. The molecule has 0 aliphatic rings. The fourth-order valence-electron chi connectivity index (χ4n) is 1.61. The number of hydrogen-bond donors (Lipinski definition) is 0. The molecule has 2 nitrogen and oxygen atoms in total. The zero-order valence-corrected chi connectivity index (χ0v) is 11.4. The van der Waals surface area contributed by atoms with Crippen LogP contribution in [0.2, 0.25) is 0 Å². The molecule has 18 heavy (non-hydrogen) atoms. The van der Waals surface area contributed by atoms with Crippen LogP contribution in [0.25, 0.3) is 0 Å². The van der Waals surface area contributed by atoms with E-state index < -0.39 is 0 Å². The first-order chi connectivity index (χ1) is 8.78. The highest BCUT2D eigenvalue weighted by Crippen LogP contribution is 2.18. The van der Waals surface area contributed by atoms with E-state index in [0.717, 1.165) is 17.5 Å². The molecule has 2 aromatic rings. The highest BCUT2D eigenvalue weighted by Gasteiger charge is 2.01. The third-order valence-corrected chi connectivity index (χ3v) is 3.12. The van der Waals surface area contributed by atoms with Gasteiger partial charge in [-0.1, -0.05) is 22.0 Å². The molecule has 0 bridgehead atoms. The van der Waals surface area contributed by atoms with Gasteiger partial charge in [-0.25, -0.2) is 4.39 Å². The first-order valence-electron chi connectivity index (χ1n) is 5.65. The molecule has 1 heterocycles. The monoisotopic (exact) mass is 309 g/mol. The van der Waals surface area contributed by atoms with Crippen molar-refractivity contribution < 1.29 is 9.13 Å². The summed E-state index contributed by atoms with van der Waals surface area (Å²) >= 11 is 3.30. The molecular formula is C14H13BrFNO. The van der Waals surface area contributed by atoms with Gasteiger partial charge in [0.15, 0.2) is 0 Å². The highest BCUT2D eigenvalue weighted by molar-refractivity contribution is 9.08. The maximum atomic E-state index is 13.3. The summed E-state index contributed by atoms with van der Waals surface area (Å²) in [7, 11) is 0. The van der Waals surface area contributed by atoms with Crippen LogP contribution >= 0.6 is 15.9 Å². The van der Waals surface area contributed by atoms with Gasteiger partial charge in [-0.05, 0) is 29.3 Å². The van der Waals surface area contributed by atoms with Gasteiger partial charge < -0.3 is 4.74 Å². The van der Waals surface area contributed by atoms with Gasteiger partial charge in [-0.2, -0.15) is 0 Å². The van der Waals surface area contributed by atoms with Gasteiger partial charge in [0.05, 0.1) is 6.61 Å². The van der Waals surface area contributed by atoms with E-state index in [1.54, 1.807) is 12.4 Å². The first kappa shape index (κ1) is 13.0. The molecule has 94 valence electrons. The minimum absolute atomic E-state index is 0.275. The molecule has 0 radical (unpaired) electrons. The van der Waals surface area contributed by atoms with E-state index in [4.69, 9.17) is 4.74 Å². The predicted octanol–water partition coefficient (Wildman–Crippen LogP) is 3.74. The standard InChI is InChI=1S/C14H13BrFNO/c15-9-12-6-13(16)8-14(7-12)18-5-3-11-2-1-4-17-10-11/h1-2,4,6-8,10H,3,5,9H2. The van der Waals surface area contributed by atoms with Gasteiger partial charge in [-0.3, -0.25) is 4.98 Å². The summed E-state index contributed by atoms with van der Waals surface area (Å²) in [5, 5.41) is 0.615. The molecule has 2 rings (SSSR count). The molecule has 0 unspecified atom stereocenters. The Morgan fingerprint density at radius 1 is 1.22 bits per heavy atom. The van der Waals surface area contributed by atoms with E-state index >= 15 is 0 Å². The van der Waals surface area contributed by atoms with E-state index in [-0.39, 0.29) is 5.82 Å². The fraction of sp³-hybridized carbons (Fsp3) is 0.214. The van der Waals surface area contributed by atoms with Crippen molar-refractivity contribution in [2.24, 2.45) is 0 Å². The normalized spacial score (nSPS) is 10.3. The zero-order valence-electron chi connectivity index (χ0n) is 9.77. The largest absolute Gasteiger partial charge is 0.493 e. The molecule has 0 atom stereocenters. The molecule has 1 aromatic carbocycles. The molecule has 0 saturated carbocycles. The van der Waals surface area contributed by atoms with Crippen molar-refractivity contribution in [2.45, 2.75) is 11.8 Å². The number of hydrogen-bond acceptors (Lipinski definition) is 2. The van der Waals surface area contributed by atoms with Crippen molar-refractivity contribution in [3.8, 4) is 5.75 Å². The summed E-state index contributed by atoms with van der Waals surface area (Å²) in [5.41, 5.74) is 1.97. The average molecular weight is 310 g/mol. The van der Waals surface area contributed by atoms with Crippen molar-refractivity contribution in [3.05, 3.63) is 59.7 Å². The van der Waals surface area contributed by atoms with Crippen molar-refractivity contribution in [1.82, 2.24) is 4.98 Å². The quantitative estimate of drug-likeness (QED) is 0.785. The molecule has 0 fully saturated rings. The lowest BCUT2D eigenvalue weighted by Crippen LogP contribution is -2.02.